The molecule has 0 atom stereocenters. The molecule has 0 aliphatic heterocycles. The van der Waals surface area contributed by atoms with Crippen LogP contribution in [0.2, 0.25) is 0 Å². The molecule has 0 aliphatic rings. The van der Waals surface area contributed by atoms with Crippen LogP contribution >= 0.6 is 0 Å². The number of hydrogen-bond acceptors (Lipinski definition) is 3. The smallest absolute Gasteiger partial charge is 0.340 e. The molecule has 2 heterocycles. The Labute approximate surface area is 134 Å². The Balaban J connectivity index is 2.18. The Morgan fingerprint density at radius 2 is 1.96 bits per heavy atom. The molecule has 118 valence electrons. The first-order valence-electron chi connectivity index (χ1n) is 7.84. The summed E-state index contributed by atoms with van der Waals surface area (Å²) >= 11 is 0. The highest BCUT2D eigenvalue weighted by Crippen LogP contribution is 2.28. The van der Waals surface area contributed by atoms with E-state index in [4.69, 9.17) is 4.74 Å². The van der Waals surface area contributed by atoms with Crippen molar-refractivity contribution >= 4 is 28.2 Å². The minimum atomic E-state index is -0.312. The molecule has 3 aromatic rings. The number of rotatable bonds is 5. The molecule has 0 fully saturated rings. The third kappa shape index (κ3) is 2.72. The summed E-state index contributed by atoms with van der Waals surface area (Å²) in [7, 11) is 0. The van der Waals surface area contributed by atoms with Crippen molar-refractivity contribution in [1.29, 1.82) is 0 Å². The van der Waals surface area contributed by atoms with Gasteiger partial charge in [0.05, 0.1) is 23.2 Å². The number of aromatic nitrogens is 1. The van der Waals surface area contributed by atoms with Gasteiger partial charge in [0.25, 0.3) is 0 Å². The zero-order chi connectivity index (χ0) is 16.4. The van der Waals surface area contributed by atoms with Gasteiger partial charge in [-0.1, -0.05) is 31.5 Å². The number of ketones is 1. The predicted molar refractivity (Wildman–Crippen MR) is 90.1 cm³/mol. The summed E-state index contributed by atoms with van der Waals surface area (Å²) in [6.07, 6.45) is 3.72. The number of carbonyl (C=O) groups is 2. The van der Waals surface area contributed by atoms with Gasteiger partial charge in [0.1, 0.15) is 0 Å². The summed E-state index contributed by atoms with van der Waals surface area (Å²) in [5, 5.41) is 0.808. The van der Waals surface area contributed by atoms with Crippen molar-refractivity contribution in [3.05, 3.63) is 53.7 Å². The van der Waals surface area contributed by atoms with Gasteiger partial charge >= 0.3 is 5.97 Å². The maximum absolute atomic E-state index is 12.5. The van der Waals surface area contributed by atoms with Crippen molar-refractivity contribution in [2.75, 3.05) is 6.61 Å². The van der Waals surface area contributed by atoms with Gasteiger partial charge in [-0.05, 0) is 31.5 Å². The van der Waals surface area contributed by atoms with Crippen molar-refractivity contribution in [1.82, 2.24) is 4.40 Å². The van der Waals surface area contributed by atoms with E-state index in [1.54, 1.807) is 6.07 Å². The van der Waals surface area contributed by atoms with Crippen LogP contribution in [0, 0.1) is 0 Å². The number of fused-ring (bicyclic) bond motifs is 3. The van der Waals surface area contributed by atoms with E-state index in [1.165, 1.54) is 6.92 Å². The van der Waals surface area contributed by atoms with Gasteiger partial charge in [-0.2, -0.15) is 0 Å². The fraction of sp³-hybridized carbons (Fsp3) is 0.263. The second-order valence-corrected chi connectivity index (χ2v) is 5.61. The zero-order valence-corrected chi connectivity index (χ0v) is 13.3. The van der Waals surface area contributed by atoms with Crippen LogP contribution in [-0.2, 0) is 4.74 Å². The van der Waals surface area contributed by atoms with Gasteiger partial charge in [0, 0.05) is 17.1 Å². The van der Waals surface area contributed by atoms with E-state index < -0.39 is 0 Å². The topological polar surface area (TPSA) is 47.8 Å². The van der Waals surface area contributed by atoms with Crippen LogP contribution in [0.1, 0.15) is 47.4 Å². The Hall–Kier alpha value is -2.62. The quantitative estimate of drug-likeness (QED) is 0.402. The highest BCUT2D eigenvalue weighted by molar-refractivity contribution is 6.12. The van der Waals surface area contributed by atoms with Gasteiger partial charge in [-0.25, -0.2) is 4.79 Å². The molecule has 1 aromatic carbocycles. The number of pyridine rings is 1. The Morgan fingerprint density at radius 3 is 2.70 bits per heavy atom. The first-order chi connectivity index (χ1) is 11.1. The maximum atomic E-state index is 12.5. The van der Waals surface area contributed by atoms with Gasteiger partial charge in [-0.15, -0.1) is 0 Å². The highest BCUT2D eigenvalue weighted by atomic mass is 16.5. The highest BCUT2D eigenvalue weighted by Gasteiger charge is 2.19. The summed E-state index contributed by atoms with van der Waals surface area (Å²) in [6, 6.07) is 11.1. The number of benzene rings is 1. The molecule has 0 bridgehead atoms. The summed E-state index contributed by atoms with van der Waals surface area (Å²) in [6.45, 7) is 4.02. The largest absolute Gasteiger partial charge is 0.462 e. The maximum Gasteiger partial charge on any atom is 0.340 e. The van der Waals surface area contributed by atoms with E-state index in [-0.39, 0.29) is 11.8 Å². The third-order valence-electron chi connectivity index (χ3n) is 3.98. The lowest BCUT2D eigenvalue weighted by Gasteiger charge is -2.03. The normalized spacial score (nSPS) is 11.0. The Morgan fingerprint density at radius 1 is 1.13 bits per heavy atom. The molecule has 0 aliphatic carbocycles. The molecule has 0 spiro atoms. The van der Waals surface area contributed by atoms with E-state index in [9.17, 15) is 9.59 Å². The molecule has 4 heteroatoms. The van der Waals surface area contributed by atoms with Crippen LogP contribution < -0.4 is 0 Å². The lowest BCUT2D eigenvalue weighted by atomic mass is 10.1. The van der Waals surface area contributed by atoms with Gasteiger partial charge in [0.2, 0.25) is 0 Å². The molecule has 4 nitrogen and oxygen atoms in total. The predicted octanol–water partition coefficient (Wildman–Crippen LogP) is 4.25. The molecule has 0 saturated carbocycles. The molecular weight excluding hydrogens is 290 g/mol. The first-order valence-corrected chi connectivity index (χ1v) is 7.84. The molecule has 0 amide bonds. The molecular formula is C19H19NO3. The molecule has 0 saturated heterocycles. The van der Waals surface area contributed by atoms with Gasteiger partial charge < -0.3 is 9.14 Å². The van der Waals surface area contributed by atoms with Crippen LogP contribution in [-0.4, -0.2) is 22.8 Å². The molecule has 0 unspecified atom stereocenters. The monoisotopic (exact) mass is 309 g/mol. The standard InChI is InChI=1S/C19H19NO3/c1-3-4-11-23-19(22)18-15-9-8-14(13(2)21)12-17(15)20-10-6-5-7-16(18)20/h5-10,12H,3-4,11H2,1-2H3. The SMILES string of the molecule is CCCCOC(=O)c1c2ccc(C(C)=O)cc2n2ccccc12. The average Bonchev–Trinajstić information content (AvgIpc) is 2.88. The van der Waals surface area contributed by atoms with E-state index >= 15 is 0 Å². The summed E-state index contributed by atoms with van der Waals surface area (Å²) in [5.74, 6) is -0.308. The van der Waals surface area contributed by atoms with Crippen LogP contribution in [0.25, 0.3) is 16.4 Å². The summed E-state index contributed by atoms with van der Waals surface area (Å²) in [4.78, 5) is 24.2. The fourth-order valence-electron chi connectivity index (χ4n) is 2.75. The van der Waals surface area contributed by atoms with Crippen molar-refractivity contribution in [3.63, 3.8) is 0 Å². The van der Waals surface area contributed by atoms with Crippen molar-refractivity contribution in [2.45, 2.75) is 26.7 Å². The number of nitrogens with zero attached hydrogens (tertiary/aromatic N) is 1. The molecule has 23 heavy (non-hydrogen) atoms. The number of esters is 1. The van der Waals surface area contributed by atoms with E-state index in [0.29, 0.717) is 17.7 Å². The molecule has 3 rings (SSSR count). The van der Waals surface area contributed by atoms with Gasteiger partial charge in [-0.3, -0.25) is 4.79 Å². The van der Waals surface area contributed by atoms with E-state index in [1.807, 2.05) is 40.9 Å². The molecule has 2 aromatic heterocycles. The van der Waals surface area contributed by atoms with Crippen LogP contribution in [0.5, 0.6) is 0 Å². The fourth-order valence-corrected chi connectivity index (χ4v) is 2.75. The molecule has 0 N–H and O–H groups in total. The van der Waals surface area contributed by atoms with Crippen LogP contribution in [0.3, 0.4) is 0 Å². The lowest BCUT2D eigenvalue weighted by Crippen LogP contribution is -2.06. The van der Waals surface area contributed by atoms with Crippen molar-refractivity contribution in [2.24, 2.45) is 0 Å². The first kappa shape index (κ1) is 15.3. The Kier molecular flexibility index (Phi) is 4.15. The van der Waals surface area contributed by atoms with Crippen molar-refractivity contribution in [3.8, 4) is 0 Å². The number of Topliss-reactive ketones (excluding diaryl/α,β-unsaturated/α-hetero) is 1. The second kappa shape index (κ2) is 6.24. The second-order valence-electron chi connectivity index (χ2n) is 5.61. The van der Waals surface area contributed by atoms with Crippen molar-refractivity contribution < 1.29 is 14.3 Å². The zero-order valence-electron chi connectivity index (χ0n) is 13.3. The van der Waals surface area contributed by atoms with E-state index in [2.05, 4.69) is 6.92 Å². The third-order valence-corrected chi connectivity index (χ3v) is 3.98. The summed E-state index contributed by atoms with van der Waals surface area (Å²) < 4.78 is 7.33. The number of ether oxygens (including phenoxy) is 1. The summed E-state index contributed by atoms with van der Waals surface area (Å²) in [5.41, 5.74) is 2.83. The lowest BCUT2D eigenvalue weighted by molar-refractivity contribution is 0.0504. The number of unbranched alkanes of at least 4 members (excludes halogenated alkanes) is 1. The number of carbonyl (C=O) groups excluding carboxylic acids is 2. The minimum absolute atomic E-state index is 0.00449. The van der Waals surface area contributed by atoms with Gasteiger partial charge in [0.15, 0.2) is 5.78 Å². The molecule has 0 radical (unpaired) electrons. The number of hydrogen-bond donors (Lipinski definition) is 0. The average molecular weight is 309 g/mol. The van der Waals surface area contributed by atoms with Crippen LogP contribution in [0.15, 0.2) is 42.6 Å². The Bertz CT molecular complexity index is 892. The van der Waals surface area contributed by atoms with Crippen LogP contribution in [0.4, 0.5) is 0 Å². The van der Waals surface area contributed by atoms with E-state index in [0.717, 1.165) is 29.3 Å². The minimum Gasteiger partial charge on any atom is -0.462 e.